The highest BCUT2D eigenvalue weighted by atomic mass is 19.1. The van der Waals surface area contributed by atoms with E-state index in [2.05, 4.69) is 0 Å². The summed E-state index contributed by atoms with van der Waals surface area (Å²) in [5.41, 5.74) is 2.71. The van der Waals surface area contributed by atoms with Gasteiger partial charge < -0.3 is 9.84 Å². The van der Waals surface area contributed by atoms with Crippen LogP contribution in [0.5, 0.6) is 5.75 Å². The molecule has 6 heteroatoms. The Morgan fingerprint density at radius 3 is 2.39 bits per heavy atom. The van der Waals surface area contributed by atoms with E-state index in [1.54, 1.807) is 24.3 Å². The molecule has 0 radical (unpaired) electrons. The third-order valence-electron chi connectivity index (χ3n) is 5.76. The Kier molecular flexibility index (Phi) is 4.64. The van der Waals surface area contributed by atoms with E-state index in [0.717, 1.165) is 16.0 Å². The maximum Gasteiger partial charge on any atom is 0.426 e. The number of carbonyl (C=O) groups is 2. The number of amides is 2. The minimum Gasteiger partial charge on any atom is -0.410 e. The van der Waals surface area contributed by atoms with Gasteiger partial charge in [0.1, 0.15) is 11.6 Å². The monoisotopic (exact) mass is 415 g/mol. The maximum absolute atomic E-state index is 13.4. The molecule has 3 aromatic rings. The van der Waals surface area contributed by atoms with Crippen molar-refractivity contribution >= 4 is 23.8 Å². The van der Waals surface area contributed by atoms with Crippen molar-refractivity contribution in [2.24, 2.45) is 5.92 Å². The smallest absolute Gasteiger partial charge is 0.410 e. The fourth-order valence-corrected chi connectivity index (χ4v) is 4.31. The molecule has 0 saturated carbocycles. The highest BCUT2D eigenvalue weighted by molar-refractivity contribution is 6.19. The third-order valence-corrected chi connectivity index (χ3v) is 5.76. The van der Waals surface area contributed by atoms with Crippen LogP contribution < -0.4 is 9.64 Å². The molecular weight excluding hydrogens is 397 g/mol. The summed E-state index contributed by atoms with van der Waals surface area (Å²) in [6, 6.07) is 19.4. The van der Waals surface area contributed by atoms with E-state index in [1.807, 2.05) is 36.4 Å². The summed E-state index contributed by atoms with van der Waals surface area (Å²) >= 11 is 0. The minimum atomic E-state index is -0.892. The number of aliphatic hydroxyl groups is 1. The Bertz CT molecular complexity index is 1200. The van der Waals surface area contributed by atoms with Crippen LogP contribution in [-0.2, 0) is 4.79 Å². The summed E-state index contributed by atoms with van der Waals surface area (Å²) in [7, 11) is 0. The molecule has 1 N–H and O–H groups in total. The highest BCUT2D eigenvalue weighted by Crippen LogP contribution is 2.48. The molecular formula is C25H18FNO4. The van der Waals surface area contributed by atoms with Gasteiger partial charge >= 0.3 is 6.09 Å². The molecule has 0 fully saturated rings. The molecule has 0 saturated heterocycles. The number of benzene rings is 3. The average Bonchev–Trinajstić information content (AvgIpc) is 3.08. The van der Waals surface area contributed by atoms with Crippen LogP contribution in [0.3, 0.4) is 0 Å². The number of ether oxygens (including phenoxy) is 1. The number of nitrogens with zero attached hydrogens (tertiary/aromatic N) is 1. The Balaban J connectivity index is 1.49. The molecule has 0 spiro atoms. The van der Waals surface area contributed by atoms with Gasteiger partial charge in [-0.3, -0.25) is 4.79 Å². The van der Waals surface area contributed by atoms with Crippen molar-refractivity contribution in [1.29, 1.82) is 0 Å². The van der Waals surface area contributed by atoms with Crippen molar-refractivity contribution in [2.75, 3.05) is 4.90 Å². The van der Waals surface area contributed by atoms with E-state index in [4.69, 9.17) is 4.74 Å². The van der Waals surface area contributed by atoms with Gasteiger partial charge in [0.15, 0.2) is 0 Å². The first-order valence-electron chi connectivity index (χ1n) is 9.90. The first kappa shape index (κ1) is 19.2. The molecule has 2 amide bonds. The van der Waals surface area contributed by atoms with Crippen molar-refractivity contribution in [3.63, 3.8) is 0 Å². The summed E-state index contributed by atoms with van der Waals surface area (Å²) in [5.74, 6) is -2.07. The third kappa shape index (κ3) is 3.21. The normalized spacial score (nSPS) is 21.5. The van der Waals surface area contributed by atoms with Crippen LogP contribution in [0.1, 0.15) is 28.7 Å². The van der Waals surface area contributed by atoms with Crippen molar-refractivity contribution in [1.82, 2.24) is 0 Å². The summed E-state index contributed by atoms with van der Waals surface area (Å²) in [6.45, 7) is 0. The summed E-state index contributed by atoms with van der Waals surface area (Å²) in [4.78, 5) is 27.3. The van der Waals surface area contributed by atoms with Gasteiger partial charge in [0, 0.05) is 5.92 Å². The number of hydrogen-bond acceptors (Lipinski definition) is 4. The number of fused-ring (bicyclic) bond motifs is 2. The number of aliphatic hydroxyl groups excluding tert-OH is 1. The molecule has 3 unspecified atom stereocenters. The van der Waals surface area contributed by atoms with E-state index in [0.29, 0.717) is 11.3 Å². The Labute approximate surface area is 178 Å². The quantitative estimate of drug-likeness (QED) is 0.651. The van der Waals surface area contributed by atoms with Crippen LogP contribution in [0, 0.1) is 11.7 Å². The molecule has 31 heavy (non-hydrogen) atoms. The molecule has 1 heterocycles. The predicted octanol–water partition coefficient (Wildman–Crippen LogP) is 4.83. The number of para-hydroxylation sites is 1. The molecule has 2 aliphatic rings. The lowest BCUT2D eigenvalue weighted by molar-refractivity contribution is -0.120. The summed E-state index contributed by atoms with van der Waals surface area (Å²) < 4.78 is 18.5. The van der Waals surface area contributed by atoms with Gasteiger partial charge in [-0.15, -0.1) is 0 Å². The van der Waals surface area contributed by atoms with E-state index in [9.17, 15) is 19.1 Å². The minimum absolute atomic E-state index is 0.131. The molecule has 5 rings (SSSR count). The average molecular weight is 415 g/mol. The topological polar surface area (TPSA) is 66.8 Å². The van der Waals surface area contributed by atoms with E-state index in [1.165, 1.54) is 24.3 Å². The Morgan fingerprint density at radius 1 is 0.935 bits per heavy atom. The highest BCUT2D eigenvalue weighted by Gasteiger charge is 2.47. The van der Waals surface area contributed by atoms with Crippen LogP contribution in [-0.4, -0.2) is 17.1 Å². The summed E-state index contributed by atoms with van der Waals surface area (Å²) in [5, 5.41) is 11.0. The Hall–Kier alpha value is -3.77. The lowest BCUT2D eigenvalue weighted by atomic mass is 9.77. The van der Waals surface area contributed by atoms with Crippen LogP contribution in [0.4, 0.5) is 14.9 Å². The van der Waals surface area contributed by atoms with Gasteiger partial charge in [0.25, 0.3) is 0 Å². The van der Waals surface area contributed by atoms with Crippen molar-refractivity contribution < 1.29 is 23.8 Å². The van der Waals surface area contributed by atoms with Gasteiger partial charge in [0.2, 0.25) is 5.91 Å². The lowest BCUT2D eigenvalue weighted by Crippen LogP contribution is -2.39. The second-order valence-corrected chi connectivity index (χ2v) is 7.54. The van der Waals surface area contributed by atoms with Crippen molar-refractivity contribution in [3.8, 4) is 5.75 Å². The predicted molar refractivity (Wildman–Crippen MR) is 113 cm³/mol. The molecule has 0 bridgehead atoms. The molecule has 0 aromatic heterocycles. The summed E-state index contributed by atoms with van der Waals surface area (Å²) in [6.07, 6.45) is 1.95. The number of hydrogen-bond donors (Lipinski definition) is 1. The SMILES string of the molecule is O=C(Oc1ccc(F)cc1)N1C(=O)C(C2C=Cc3ccccc3C2O)c2ccccc21. The number of carbonyl (C=O) groups excluding carboxylic acids is 2. The van der Waals surface area contributed by atoms with Crippen LogP contribution in [0.15, 0.2) is 78.9 Å². The number of rotatable bonds is 2. The zero-order valence-corrected chi connectivity index (χ0v) is 16.3. The largest absolute Gasteiger partial charge is 0.426 e. The van der Waals surface area contributed by atoms with Crippen molar-refractivity contribution in [3.05, 3.63) is 101 Å². The maximum atomic E-state index is 13.4. The molecule has 3 atom stereocenters. The van der Waals surface area contributed by atoms with E-state index < -0.39 is 35.8 Å². The number of imide groups is 1. The van der Waals surface area contributed by atoms with Gasteiger partial charge in [-0.05, 0) is 47.0 Å². The first-order valence-corrected chi connectivity index (χ1v) is 9.90. The fraction of sp³-hybridized carbons (Fsp3) is 0.120. The fourth-order valence-electron chi connectivity index (χ4n) is 4.31. The van der Waals surface area contributed by atoms with Crippen LogP contribution in [0.25, 0.3) is 6.08 Å². The van der Waals surface area contributed by atoms with E-state index in [-0.39, 0.29) is 5.75 Å². The van der Waals surface area contributed by atoms with Gasteiger partial charge in [-0.1, -0.05) is 54.6 Å². The van der Waals surface area contributed by atoms with Gasteiger partial charge in [0.05, 0.1) is 17.7 Å². The standard InChI is InChI=1S/C25H18FNO4/c26-16-10-12-17(13-11-16)31-25(30)27-21-8-4-3-7-19(21)22(24(27)29)20-14-9-15-5-1-2-6-18(15)23(20)28/h1-14,20,22-23,28H. The number of halogens is 1. The molecule has 5 nitrogen and oxygen atoms in total. The van der Waals surface area contributed by atoms with Gasteiger partial charge in [-0.25, -0.2) is 14.1 Å². The first-order chi connectivity index (χ1) is 15.0. The molecule has 1 aliphatic carbocycles. The van der Waals surface area contributed by atoms with Gasteiger partial charge in [-0.2, -0.15) is 0 Å². The molecule has 1 aliphatic heterocycles. The molecule has 154 valence electrons. The molecule has 3 aromatic carbocycles. The second-order valence-electron chi connectivity index (χ2n) is 7.54. The van der Waals surface area contributed by atoms with Crippen LogP contribution >= 0.6 is 0 Å². The lowest BCUT2D eigenvalue weighted by Gasteiger charge is -2.29. The number of anilines is 1. The zero-order chi connectivity index (χ0) is 21.5. The second kappa shape index (κ2) is 7.49. The zero-order valence-electron chi connectivity index (χ0n) is 16.3. The Morgan fingerprint density at radius 2 is 1.61 bits per heavy atom. The van der Waals surface area contributed by atoms with E-state index >= 15 is 0 Å². The van der Waals surface area contributed by atoms with Crippen molar-refractivity contribution in [2.45, 2.75) is 12.0 Å². The van der Waals surface area contributed by atoms with Crippen LogP contribution in [0.2, 0.25) is 0 Å².